The summed E-state index contributed by atoms with van der Waals surface area (Å²) in [6, 6.07) is 0. The van der Waals surface area contributed by atoms with E-state index in [9.17, 15) is 0 Å². The maximum absolute atomic E-state index is 3.49. The summed E-state index contributed by atoms with van der Waals surface area (Å²) in [5.41, 5.74) is 0. The summed E-state index contributed by atoms with van der Waals surface area (Å²) in [5.74, 6) is 0. The molecule has 4 heteroatoms. The van der Waals surface area contributed by atoms with Crippen LogP contribution in [-0.2, 0) is 16.5 Å². The number of hydrogen-bond acceptors (Lipinski definition) is 2. The summed E-state index contributed by atoms with van der Waals surface area (Å²) < 4.78 is 0. The zero-order valence-electron chi connectivity index (χ0n) is 2.87. The molecule has 0 saturated carbocycles. The largest absolute Gasteiger partial charge is 0.198 e. The molecule has 0 aliphatic carbocycles. The average molecular weight is 128 g/mol. The SMILES string of the molecule is [Ni].c1cn[nH]n1. The number of aromatic amines is 1. The van der Waals surface area contributed by atoms with Crippen molar-refractivity contribution >= 4 is 0 Å². The number of aromatic nitrogens is 3. The van der Waals surface area contributed by atoms with E-state index < -0.39 is 0 Å². The Hall–Kier alpha value is -0.366. The van der Waals surface area contributed by atoms with Gasteiger partial charge in [0.15, 0.2) is 0 Å². The minimum atomic E-state index is 0. The zero-order chi connectivity index (χ0) is 3.54. The van der Waals surface area contributed by atoms with Gasteiger partial charge in [-0.2, -0.15) is 15.4 Å². The summed E-state index contributed by atoms with van der Waals surface area (Å²) >= 11 is 0. The first kappa shape index (κ1) is 5.63. The monoisotopic (exact) mass is 127 g/mol. The Morgan fingerprint density at radius 3 is 1.83 bits per heavy atom. The first-order chi connectivity index (χ1) is 2.50. The standard InChI is InChI=1S/C2H3N3.Ni/c1-2-4-5-3-1;/h1-2H,(H,3,4,5);. The molecule has 0 radical (unpaired) electrons. The van der Waals surface area contributed by atoms with Gasteiger partial charge in [-0.25, -0.2) is 0 Å². The van der Waals surface area contributed by atoms with E-state index in [1.165, 1.54) is 0 Å². The zero-order valence-corrected chi connectivity index (χ0v) is 3.85. The van der Waals surface area contributed by atoms with Crippen molar-refractivity contribution in [2.24, 2.45) is 0 Å². The summed E-state index contributed by atoms with van der Waals surface area (Å²) in [6.07, 6.45) is 3.17. The van der Waals surface area contributed by atoms with Crippen molar-refractivity contribution in [2.45, 2.75) is 0 Å². The third kappa shape index (κ3) is 1.17. The molecular formula is C2H3N3Ni. The molecule has 1 aromatic heterocycles. The van der Waals surface area contributed by atoms with Gasteiger partial charge in [0.25, 0.3) is 0 Å². The molecule has 0 atom stereocenters. The summed E-state index contributed by atoms with van der Waals surface area (Å²) in [4.78, 5) is 0. The molecule has 3 nitrogen and oxygen atoms in total. The molecule has 0 spiro atoms. The Labute approximate surface area is 45.1 Å². The molecule has 1 N–H and O–H groups in total. The van der Waals surface area contributed by atoms with Gasteiger partial charge in [-0.1, -0.05) is 0 Å². The number of nitrogens with one attached hydrogen (secondary N) is 1. The van der Waals surface area contributed by atoms with Crippen molar-refractivity contribution in [1.29, 1.82) is 0 Å². The third-order valence-corrected chi connectivity index (χ3v) is 0.331. The summed E-state index contributed by atoms with van der Waals surface area (Å²) in [6.45, 7) is 0. The van der Waals surface area contributed by atoms with Crippen LogP contribution in [-0.4, -0.2) is 15.4 Å². The predicted molar refractivity (Wildman–Crippen MR) is 16.4 cm³/mol. The van der Waals surface area contributed by atoms with Crippen molar-refractivity contribution in [3.8, 4) is 0 Å². The van der Waals surface area contributed by atoms with Crippen LogP contribution >= 0.6 is 0 Å². The maximum Gasteiger partial charge on any atom is 0.0690 e. The molecule has 0 aromatic carbocycles. The minimum absolute atomic E-state index is 0. The molecule has 0 unspecified atom stereocenters. The van der Waals surface area contributed by atoms with Crippen LogP contribution in [0.5, 0.6) is 0 Å². The fraction of sp³-hybridized carbons (Fsp3) is 0. The molecule has 0 saturated heterocycles. The van der Waals surface area contributed by atoms with Gasteiger partial charge in [0.05, 0.1) is 12.4 Å². The Morgan fingerprint density at radius 1 is 1.17 bits per heavy atom. The number of H-pyrrole nitrogens is 1. The number of rotatable bonds is 0. The van der Waals surface area contributed by atoms with Crippen LogP contribution in [0.1, 0.15) is 0 Å². The van der Waals surface area contributed by atoms with Crippen molar-refractivity contribution in [2.75, 3.05) is 0 Å². The molecule has 0 aliphatic rings. The number of nitrogens with zero attached hydrogens (tertiary/aromatic N) is 2. The smallest absolute Gasteiger partial charge is 0.0690 e. The Kier molecular flexibility index (Phi) is 2.68. The van der Waals surface area contributed by atoms with E-state index in [0.29, 0.717) is 0 Å². The number of hydrogen-bond donors (Lipinski definition) is 1. The van der Waals surface area contributed by atoms with E-state index in [1.807, 2.05) is 0 Å². The molecule has 0 bridgehead atoms. The minimum Gasteiger partial charge on any atom is -0.198 e. The Bertz CT molecular complexity index is 65.3. The Balaban J connectivity index is 0.000000250. The topological polar surface area (TPSA) is 41.6 Å². The van der Waals surface area contributed by atoms with Crippen LogP contribution in [0.25, 0.3) is 0 Å². The van der Waals surface area contributed by atoms with Crippen molar-refractivity contribution < 1.29 is 16.5 Å². The van der Waals surface area contributed by atoms with Crippen LogP contribution in [0, 0.1) is 0 Å². The fourth-order valence-electron chi connectivity index (χ4n) is 0.167. The van der Waals surface area contributed by atoms with Crippen molar-refractivity contribution in [3.05, 3.63) is 12.4 Å². The molecule has 0 aliphatic heterocycles. The van der Waals surface area contributed by atoms with Gasteiger partial charge >= 0.3 is 0 Å². The summed E-state index contributed by atoms with van der Waals surface area (Å²) in [7, 11) is 0. The Morgan fingerprint density at radius 2 is 1.67 bits per heavy atom. The molecule has 1 rings (SSSR count). The van der Waals surface area contributed by atoms with Crippen molar-refractivity contribution in [3.63, 3.8) is 0 Å². The second-order valence-electron chi connectivity index (χ2n) is 0.656. The van der Waals surface area contributed by atoms with E-state index in [2.05, 4.69) is 15.4 Å². The quantitative estimate of drug-likeness (QED) is 0.491. The fourth-order valence-corrected chi connectivity index (χ4v) is 0.167. The van der Waals surface area contributed by atoms with Gasteiger partial charge in [-0.15, -0.1) is 0 Å². The molecule has 6 heavy (non-hydrogen) atoms. The first-order valence-corrected chi connectivity index (χ1v) is 1.30. The van der Waals surface area contributed by atoms with Gasteiger partial charge in [-0.3, -0.25) is 0 Å². The van der Waals surface area contributed by atoms with E-state index in [4.69, 9.17) is 0 Å². The molecule has 36 valence electrons. The average Bonchev–Trinajstić information content (AvgIpc) is 1.76. The maximum atomic E-state index is 3.49. The van der Waals surface area contributed by atoms with Crippen LogP contribution in [0.2, 0.25) is 0 Å². The van der Waals surface area contributed by atoms with E-state index in [0.717, 1.165) is 0 Å². The van der Waals surface area contributed by atoms with Gasteiger partial charge in [-0.05, 0) is 0 Å². The van der Waals surface area contributed by atoms with Gasteiger partial charge < -0.3 is 0 Å². The van der Waals surface area contributed by atoms with Gasteiger partial charge in [0.1, 0.15) is 0 Å². The van der Waals surface area contributed by atoms with Crippen LogP contribution in [0.4, 0.5) is 0 Å². The molecule has 1 heterocycles. The predicted octanol–water partition coefficient (Wildman–Crippen LogP) is -0.198. The molecule has 0 amide bonds. The van der Waals surface area contributed by atoms with E-state index >= 15 is 0 Å². The third-order valence-electron chi connectivity index (χ3n) is 0.331. The second-order valence-corrected chi connectivity index (χ2v) is 0.656. The second kappa shape index (κ2) is 2.85. The molecular weight excluding hydrogens is 125 g/mol. The van der Waals surface area contributed by atoms with Crippen LogP contribution in [0.15, 0.2) is 12.4 Å². The van der Waals surface area contributed by atoms with Gasteiger partial charge in [0.2, 0.25) is 0 Å². The van der Waals surface area contributed by atoms with Gasteiger partial charge in [0, 0.05) is 16.5 Å². The van der Waals surface area contributed by atoms with Crippen molar-refractivity contribution in [1.82, 2.24) is 15.4 Å². The molecule has 0 fully saturated rings. The van der Waals surface area contributed by atoms with Crippen LogP contribution in [0.3, 0.4) is 0 Å². The first-order valence-electron chi connectivity index (χ1n) is 1.30. The normalized spacial score (nSPS) is 6.67. The van der Waals surface area contributed by atoms with E-state index in [1.54, 1.807) is 12.4 Å². The molecule has 1 aromatic rings. The van der Waals surface area contributed by atoms with E-state index in [-0.39, 0.29) is 16.5 Å². The van der Waals surface area contributed by atoms with Crippen LogP contribution < -0.4 is 0 Å². The summed E-state index contributed by atoms with van der Waals surface area (Å²) in [5, 5.41) is 9.33.